The van der Waals surface area contributed by atoms with Gasteiger partial charge in [-0.3, -0.25) is 4.79 Å². The zero-order valence-corrected chi connectivity index (χ0v) is 12.9. The Hall–Kier alpha value is -1.79. The Morgan fingerprint density at radius 1 is 1.55 bits per heavy atom. The van der Waals surface area contributed by atoms with Crippen LogP contribution in [0.15, 0.2) is 18.2 Å². The molecule has 2 rings (SSSR count). The van der Waals surface area contributed by atoms with Crippen LogP contribution in [-0.4, -0.2) is 36.8 Å². The van der Waals surface area contributed by atoms with Gasteiger partial charge < -0.3 is 19.9 Å². The normalized spacial score (nSPS) is 18.7. The Bertz CT molecular complexity index is 557. The fourth-order valence-electron chi connectivity index (χ4n) is 2.38. The van der Waals surface area contributed by atoms with E-state index < -0.39 is 12.0 Å². The molecule has 0 aliphatic carbocycles. The Labute approximate surface area is 133 Å². The molecule has 0 bridgehead atoms. The van der Waals surface area contributed by atoms with Gasteiger partial charge in [-0.25, -0.2) is 4.79 Å². The number of methoxy groups -OCH3 is 1. The molecule has 1 aromatic rings. The van der Waals surface area contributed by atoms with Gasteiger partial charge in [-0.15, -0.1) is 0 Å². The molecular formula is C15H18ClNO5. The van der Waals surface area contributed by atoms with Crippen molar-refractivity contribution in [1.82, 2.24) is 5.32 Å². The smallest absolute Gasteiger partial charge is 0.330 e. The van der Waals surface area contributed by atoms with Crippen LogP contribution in [0.2, 0.25) is 5.02 Å². The molecule has 1 heterocycles. The number of carboxylic acid groups (broad SMARTS) is 1. The molecule has 1 amide bonds. The minimum absolute atomic E-state index is 0.131. The topological polar surface area (TPSA) is 84.9 Å². The van der Waals surface area contributed by atoms with E-state index in [2.05, 4.69) is 5.32 Å². The summed E-state index contributed by atoms with van der Waals surface area (Å²) in [5.74, 6) is -1.06. The van der Waals surface area contributed by atoms with E-state index in [0.29, 0.717) is 22.9 Å². The van der Waals surface area contributed by atoms with Crippen molar-refractivity contribution in [1.29, 1.82) is 0 Å². The van der Waals surface area contributed by atoms with Crippen LogP contribution >= 0.6 is 11.6 Å². The Morgan fingerprint density at radius 3 is 2.86 bits per heavy atom. The molecule has 2 atom stereocenters. The average molecular weight is 328 g/mol. The summed E-state index contributed by atoms with van der Waals surface area (Å²) in [6, 6.07) is 3.46. The van der Waals surface area contributed by atoms with Gasteiger partial charge in [0.1, 0.15) is 5.75 Å². The molecule has 6 nitrogen and oxygen atoms in total. The number of hydrogen-bond donors (Lipinski definition) is 2. The fraction of sp³-hybridized carbons (Fsp3) is 0.467. The van der Waals surface area contributed by atoms with Crippen LogP contribution in [0, 0.1) is 0 Å². The molecule has 1 fully saturated rings. The summed E-state index contributed by atoms with van der Waals surface area (Å²) in [4.78, 5) is 23.4. The number of ether oxygens (including phenoxy) is 2. The maximum absolute atomic E-state index is 12.0. The first kappa shape index (κ1) is 16.6. The van der Waals surface area contributed by atoms with E-state index in [1.165, 1.54) is 13.2 Å². The van der Waals surface area contributed by atoms with Crippen LogP contribution in [-0.2, 0) is 14.3 Å². The van der Waals surface area contributed by atoms with Crippen LogP contribution in [0.3, 0.4) is 0 Å². The zero-order chi connectivity index (χ0) is 16.1. The van der Waals surface area contributed by atoms with Crippen molar-refractivity contribution in [2.45, 2.75) is 31.4 Å². The standard InChI is InChI=1S/C15H18ClNO5/c1-21-12-5-4-9(7-11(12)16)14(15(19)20)17-13(18)8-10-3-2-6-22-10/h4-5,7,10,14H,2-3,6,8H2,1H3,(H,17,18)(H,19,20)/t10-,14?/m1/s1. The van der Waals surface area contributed by atoms with E-state index in [9.17, 15) is 14.7 Å². The number of benzene rings is 1. The molecule has 22 heavy (non-hydrogen) atoms. The van der Waals surface area contributed by atoms with E-state index >= 15 is 0 Å². The van der Waals surface area contributed by atoms with Gasteiger partial charge in [0.25, 0.3) is 0 Å². The molecule has 0 saturated carbocycles. The highest BCUT2D eigenvalue weighted by atomic mass is 35.5. The van der Waals surface area contributed by atoms with E-state index in [1.807, 2.05) is 0 Å². The predicted molar refractivity (Wildman–Crippen MR) is 80.1 cm³/mol. The fourth-order valence-corrected chi connectivity index (χ4v) is 2.65. The minimum atomic E-state index is -1.16. The van der Waals surface area contributed by atoms with Crippen molar-refractivity contribution >= 4 is 23.5 Å². The maximum atomic E-state index is 12.0. The number of carbonyl (C=O) groups excluding carboxylic acids is 1. The molecular weight excluding hydrogens is 310 g/mol. The number of carbonyl (C=O) groups is 2. The van der Waals surface area contributed by atoms with Crippen LogP contribution in [0.4, 0.5) is 0 Å². The van der Waals surface area contributed by atoms with Crippen LogP contribution < -0.4 is 10.1 Å². The summed E-state index contributed by atoms with van der Waals surface area (Å²) in [6.45, 7) is 0.647. The van der Waals surface area contributed by atoms with Crippen molar-refractivity contribution in [3.63, 3.8) is 0 Å². The third-order valence-electron chi connectivity index (χ3n) is 3.50. The van der Waals surface area contributed by atoms with Crippen LogP contribution in [0.25, 0.3) is 0 Å². The summed E-state index contributed by atoms with van der Waals surface area (Å²) in [5, 5.41) is 12.1. The van der Waals surface area contributed by atoms with Crippen molar-refractivity contribution < 1.29 is 24.2 Å². The Kier molecular flexibility index (Phi) is 5.63. The zero-order valence-electron chi connectivity index (χ0n) is 12.2. The number of hydrogen-bond acceptors (Lipinski definition) is 4. The van der Waals surface area contributed by atoms with Crippen molar-refractivity contribution in [3.8, 4) is 5.75 Å². The first-order valence-electron chi connectivity index (χ1n) is 6.98. The number of aliphatic carboxylic acids is 1. The van der Waals surface area contributed by atoms with E-state index in [4.69, 9.17) is 21.1 Å². The van der Waals surface area contributed by atoms with Crippen molar-refractivity contribution in [2.75, 3.05) is 13.7 Å². The summed E-state index contributed by atoms with van der Waals surface area (Å²) in [5.41, 5.74) is 0.388. The van der Waals surface area contributed by atoms with Gasteiger partial charge in [-0.2, -0.15) is 0 Å². The van der Waals surface area contributed by atoms with Crippen LogP contribution in [0.1, 0.15) is 30.9 Å². The van der Waals surface area contributed by atoms with Gasteiger partial charge in [0, 0.05) is 6.61 Å². The van der Waals surface area contributed by atoms with E-state index in [-0.39, 0.29) is 18.4 Å². The summed E-state index contributed by atoms with van der Waals surface area (Å²) in [6.07, 6.45) is 1.77. The molecule has 120 valence electrons. The summed E-state index contributed by atoms with van der Waals surface area (Å²) in [7, 11) is 1.47. The van der Waals surface area contributed by atoms with Gasteiger partial charge in [-0.1, -0.05) is 17.7 Å². The number of rotatable bonds is 6. The number of amides is 1. The second kappa shape index (κ2) is 7.47. The lowest BCUT2D eigenvalue weighted by Gasteiger charge is -2.17. The number of carboxylic acids is 1. The lowest BCUT2D eigenvalue weighted by Crippen LogP contribution is -2.35. The van der Waals surface area contributed by atoms with Gasteiger partial charge in [0.05, 0.1) is 24.7 Å². The highest BCUT2D eigenvalue weighted by Gasteiger charge is 2.25. The SMILES string of the molecule is COc1ccc(C(NC(=O)C[C@H]2CCCO2)C(=O)O)cc1Cl. The molecule has 1 aromatic carbocycles. The summed E-state index contributed by atoms with van der Waals surface area (Å²) < 4.78 is 10.4. The van der Waals surface area contributed by atoms with Gasteiger partial charge in [-0.05, 0) is 30.5 Å². The first-order chi connectivity index (χ1) is 10.5. The summed E-state index contributed by atoms with van der Waals surface area (Å²) >= 11 is 6.00. The average Bonchev–Trinajstić information content (AvgIpc) is 2.97. The lowest BCUT2D eigenvalue weighted by molar-refractivity contribution is -0.142. The minimum Gasteiger partial charge on any atom is -0.495 e. The van der Waals surface area contributed by atoms with E-state index in [1.54, 1.807) is 12.1 Å². The molecule has 1 saturated heterocycles. The largest absolute Gasteiger partial charge is 0.495 e. The molecule has 0 radical (unpaired) electrons. The highest BCUT2D eigenvalue weighted by molar-refractivity contribution is 6.32. The molecule has 7 heteroatoms. The highest BCUT2D eigenvalue weighted by Crippen LogP contribution is 2.28. The molecule has 0 spiro atoms. The Morgan fingerprint density at radius 2 is 2.32 bits per heavy atom. The molecule has 2 N–H and O–H groups in total. The maximum Gasteiger partial charge on any atom is 0.330 e. The monoisotopic (exact) mass is 327 g/mol. The first-order valence-corrected chi connectivity index (χ1v) is 7.36. The van der Waals surface area contributed by atoms with Crippen molar-refractivity contribution in [3.05, 3.63) is 28.8 Å². The van der Waals surface area contributed by atoms with Crippen molar-refractivity contribution in [2.24, 2.45) is 0 Å². The van der Waals surface area contributed by atoms with Gasteiger partial charge in [0.15, 0.2) is 6.04 Å². The molecule has 0 aromatic heterocycles. The second-order valence-electron chi connectivity index (χ2n) is 5.07. The number of nitrogens with one attached hydrogen (secondary N) is 1. The second-order valence-corrected chi connectivity index (χ2v) is 5.48. The molecule has 1 aliphatic heterocycles. The van der Waals surface area contributed by atoms with Gasteiger partial charge >= 0.3 is 5.97 Å². The van der Waals surface area contributed by atoms with E-state index in [0.717, 1.165) is 12.8 Å². The lowest BCUT2D eigenvalue weighted by atomic mass is 10.1. The third-order valence-corrected chi connectivity index (χ3v) is 3.79. The van der Waals surface area contributed by atoms with Crippen LogP contribution in [0.5, 0.6) is 5.75 Å². The quantitative estimate of drug-likeness (QED) is 0.836. The molecule has 1 unspecified atom stereocenters. The van der Waals surface area contributed by atoms with Gasteiger partial charge in [0.2, 0.25) is 5.91 Å². The third kappa shape index (κ3) is 4.11. The predicted octanol–water partition coefficient (Wildman–Crippen LogP) is 2.16. The molecule has 1 aliphatic rings. The number of halogens is 1. The Balaban J connectivity index is 2.07.